The van der Waals surface area contributed by atoms with Gasteiger partial charge in [0.15, 0.2) is 11.6 Å². The summed E-state index contributed by atoms with van der Waals surface area (Å²) in [5, 5.41) is 0. The van der Waals surface area contributed by atoms with Gasteiger partial charge in [-0.15, -0.1) is 0 Å². The molecule has 0 bridgehead atoms. The Morgan fingerprint density at radius 3 is 2.44 bits per heavy atom. The molecule has 34 heavy (non-hydrogen) atoms. The van der Waals surface area contributed by atoms with Crippen LogP contribution in [0.15, 0.2) is 60.8 Å². The minimum atomic E-state index is -1.04. The minimum Gasteiger partial charge on any atom is -0.477 e. The van der Waals surface area contributed by atoms with Gasteiger partial charge in [-0.05, 0) is 36.4 Å². The molecule has 5 rings (SSSR count). The number of imide groups is 1. The number of pyridine rings is 1. The predicted octanol–water partition coefficient (Wildman–Crippen LogP) is 4.23. The normalized spacial score (nSPS) is 19.4. The van der Waals surface area contributed by atoms with Crippen LogP contribution in [0.5, 0.6) is 5.88 Å². The third-order valence-corrected chi connectivity index (χ3v) is 6.21. The molecule has 170 valence electrons. The molecule has 1 fully saturated rings. The number of anilines is 1. The van der Waals surface area contributed by atoms with Crippen molar-refractivity contribution in [3.05, 3.63) is 89.1 Å². The first-order chi connectivity index (χ1) is 16.4. The number of aromatic nitrogens is 1. The van der Waals surface area contributed by atoms with Gasteiger partial charge in [-0.2, -0.15) is 0 Å². The van der Waals surface area contributed by atoms with Crippen molar-refractivity contribution >= 4 is 17.6 Å². The van der Waals surface area contributed by atoms with Crippen LogP contribution in [0.4, 0.5) is 19.3 Å². The quantitative estimate of drug-likeness (QED) is 0.511. The number of halogens is 2. The predicted molar refractivity (Wildman–Crippen MR) is 120 cm³/mol. The number of nitrogens with zero attached hydrogens (tertiary/aromatic N) is 3. The average Bonchev–Trinajstić information content (AvgIpc) is 2.84. The number of amides is 3. The van der Waals surface area contributed by atoms with E-state index in [1.54, 1.807) is 42.6 Å². The molecule has 1 saturated heterocycles. The molecule has 1 spiro atoms. The lowest BCUT2D eigenvalue weighted by molar-refractivity contribution is -0.123. The summed E-state index contributed by atoms with van der Waals surface area (Å²) in [4.78, 5) is 32.6. The SMILES string of the molecule is CN1C(=O)N(c2c(F)cc(C#Cc3ccccc3)cc2F)C(=O)C[C@]12CCOc1ncccc12. The second-order valence-electron chi connectivity index (χ2n) is 8.14. The Bertz CT molecular complexity index is 1340. The lowest BCUT2D eigenvalue weighted by atomic mass is 9.79. The van der Waals surface area contributed by atoms with Gasteiger partial charge in [0.05, 0.1) is 18.6 Å². The molecule has 0 saturated carbocycles. The topological polar surface area (TPSA) is 62.7 Å². The third-order valence-electron chi connectivity index (χ3n) is 6.21. The highest BCUT2D eigenvalue weighted by Crippen LogP contribution is 2.46. The minimum absolute atomic E-state index is 0.0915. The maximum atomic E-state index is 15.1. The monoisotopic (exact) mass is 459 g/mol. The van der Waals surface area contributed by atoms with Crippen molar-refractivity contribution in [2.75, 3.05) is 18.6 Å². The molecular weight excluding hydrogens is 440 g/mol. The zero-order valence-electron chi connectivity index (χ0n) is 18.2. The summed E-state index contributed by atoms with van der Waals surface area (Å²) in [6.07, 6.45) is 1.75. The summed E-state index contributed by atoms with van der Waals surface area (Å²) in [6.45, 7) is 0.256. The largest absolute Gasteiger partial charge is 0.477 e. The second-order valence-corrected chi connectivity index (χ2v) is 8.14. The molecule has 0 radical (unpaired) electrons. The fourth-order valence-corrected chi connectivity index (χ4v) is 4.47. The van der Waals surface area contributed by atoms with Crippen LogP contribution in [-0.4, -0.2) is 35.5 Å². The lowest BCUT2D eigenvalue weighted by Crippen LogP contribution is -2.62. The highest BCUT2D eigenvalue weighted by molar-refractivity contribution is 6.16. The number of benzene rings is 2. The summed E-state index contributed by atoms with van der Waals surface area (Å²) in [6, 6.07) is 13.6. The molecule has 2 aliphatic rings. The van der Waals surface area contributed by atoms with Crippen molar-refractivity contribution in [1.82, 2.24) is 9.88 Å². The van der Waals surface area contributed by atoms with E-state index in [1.807, 2.05) is 6.07 Å². The molecule has 6 nitrogen and oxygen atoms in total. The van der Waals surface area contributed by atoms with E-state index in [0.29, 0.717) is 28.3 Å². The molecule has 2 aromatic carbocycles. The Labute approximate surface area is 194 Å². The highest BCUT2D eigenvalue weighted by Gasteiger charge is 2.52. The van der Waals surface area contributed by atoms with Crippen LogP contribution in [0.3, 0.4) is 0 Å². The average molecular weight is 459 g/mol. The van der Waals surface area contributed by atoms with Gasteiger partial charge < -0.3 is 9.64 Å². The van der Waals surface area contributed by atoms with E-state index in [2.05, 4.69) is 16.8 Å². The van der Waals surface area contributed by atoms with Crippen LogP contribution in [-0.2, 0) is 10.3 Å². The molecule has 0 N–H and O–H groups in total. The fraction of sp³-hybridized carbons (Fsp3) is 0.192. The molecule has 0 aliphatic carbocycles. The summed E-state index contributed by atoms with van der Waals surface area (Å²) >= 11 is 0. The third kappa shape index (κ3) is 3.46. The number of ether oxygens (including phenoxy) is 1. The first-order valence-corrected chi connectivity index (χ1v) is 10.7. The Morgan fingerprint density at radius 1 is 1.00 bits per heavy atom. The van der Waals surface area contributed by atoms with Gasteiger partial charge in [0.1, 0.15) is 5.69 Å². The van der Waals surface area contributed by atoms with E-state index in [4.69, 9.17) is 4.74 Å². The molecular formula is C26H19F2N3O3. The van der Waals surface area contributed by atoms with Crippen molar-refractivity contribution in [3.63, 3.8) is 0 Å². The Kier molecular flexibility index (Phi) is 5.25. The maximum absolute atomic E-state index is 15.1. The Hall–Kier alpha value is -4.25. The van der Waals surface area contributed by atoms with Crippen molar-refractivity contribution in [3.8, 4) is 17.7 Å². The van der Waals surface area contributed by atoms with E-state index < -0.39 is 34.8 Å². The van der Waals surface area contributed by atoms with Crippen molar-refractivity contribution < 1.29 is 23.1 Å². The van der Waals surface area contributed by atoms with Gasteiger partial charge in [0, 0.05) is 36.4 Å². The van der Waals surface area contributed by atoms with Crippen molar-refractivity contribution in [2.45, 2.75) is 18.4 Å². The smallest absolute Gasteiger partial charge is 0.332 e. The van der Waals surface area contributed by atoms with Gasteiger partial charge >= 0.3 is 6.03 Å². The Morgan fingerprint density at radius 2 is 1.71 bits per heavy atom. The molecule has 2 aliphatic heterocycles. The van der Waals surface area contributed by atoms with E-state index in [0.717, 1.165) is 12.1 Å². The summed E-state index contributed by atoms with van der Waals surface area (Å²) in [5.41, 5.74) is -0.334. The second kappa shape index (κ2) is 8.27. The van der Waals surface area contributed by atoms with E-state index >= 15 is 8.78 Å². The van der Waals surface area contributed by atoms with Gasteiger partial charge in [-0.25, -0.2) is 23.5 Å². The standard InChI is InChI=1S/C26H19F2N3O3/c1-30-25(33)31(22(32)16-26(30)11-13-34-24-19(26)8-5-12-29-24)23-20(27)14-18(15-21(23)28)10-9-17-6-3-2-4-7-17/h2-8,12,14-15H,11,13,16H2,1H3/t26-/m0/s1. The number of carbonyl (C=O) groups excluding carboxylic acids is 2. The van der Waals surface area contributed by atoms with Crippen molar-refractivity contribution in [1.29, 1.82) is 0 Å². The van der Waals surface area contributed by atoms with Gasteiger partial charge in [-0.3, -0.25) is 4.79 Å². The number of carbonyl (C=O) groups is 2. The van der Waals surface area contributed by atoms with Gasteiger partial charge in [0.25, 0.3) is 0 Å². The van der Waals surface area contributed by atoms with Crippen LogP contribution in [0.2, 0.25) is 0 Å². The van der Waals surface area contributed by atoms with Crippen molar-refractivity contribution in [2.24, 2.45) is 0 Å². The molecule has 1 atom stereocenters. The maximum Gasteiger partial charge on any atom is 0.332 e. The van der Waals surface area contributed by atoms with E-state index in [9.17, 15) is 9.59 Å². The zero-order valence-corrected chi connectivity index (χ0v) is 18.2. The molecule has 8 heteroatoms. The molecule has 3 aromatic rings. The number of hydrogen-bond acceptors (Lipinski definition) is 4. The number of rotatable bonds is 1. The van der Waals surface area contributed by atoms with Crippen LogP contribution >= 0.6 is 0 Å². The zero-order chi connectivity index (χ0) is 23.9. The number of fused-ring (bicyclic) bond motifs is 2. The molecule has 1 aromatic heterocycles. The van der Waals surface area contributed by atoms with Gasteiger partial charge in [-0.1, -0.05) is 30.0 Å². The lowest BCUT2D eigenvalue weighted by Gasteiger charge is -2.49. The Balaban J connectivity index is 1.50. The highest BCUT2D eigenvalue weighted by atomic mass is 19.1. The van der Waals surface area contributed by atoms with E-state index in [1.165, 1.54) is 11.9 Å². The molecule has 3 amide bonds. The van der Waals surface area contributed by atoms with Crippen LogP contribution in [0.1, 0.15) is 29.5 Å². The number of urea groups is 1. The van der Waals surface area contributed by atoms with Gasteiger partial charge in [0.2, 0.25) is 11.8 Å². The summed E-state index contributed by atoms with van der Waals surface area (Å²) in [5.74, 6) is 3.09. The first kappa shape index (κ1) is 21.6. The fourth-order valence-electron chi connectivity index (χ4n) is 4.47. The number of hydrogen-bond donors (Lipinski definition) is 0. The van der Waals surface area contributed by atoms with Crippen LogP contribution in [0, 0.1) is 23.5 Å². The van der Waals surface area contributed by atoms with E-state index in [-0.39, 0.29) is 18.6 Å². The first-order valence-electron chi connectivity index (χ1n) is 10.7. The summed E-state index contributed by atoms with van der Waals surface area (Å²) in [7, 11) is 1.51. The van der Waals surface area contributed by atoms with Crippen LogP contribution < -0.4 is 9.64 Å². The molecule has 0 unspecified atom stereocenters. The molecule has 3 heterocycles. The van der Waals surface area contributed by atoms with Crippen LogP contribution in [0.25, 0.3) is 0 Å². The summed E-state index contributed by atoms with van der Waals surface area (Å²) < 4.78 is 35.7.